The molecular weight excluding hydrogens is 228 g/mol. The predicted octanol–water partition coefficient (Wildman–Crippen LogP) is 1.70. The number of nitrogens with one attached hydrogen (secondary N) is 1. The molecule has 2 aliphatic rings. The van der Waals surface area contributed by atoms with Crippen LogP contribution in [-0.2, 0) is 4.79 Å². The third-order valence-electron chi connectivity index (χ3n) is 4.59. The van der Waals surface area contributed by atoms with Crippen LogP contribution in [-0.4, -0.2) is 47.7 Å². The van der Waals surface area contributed by atoms with Crippen molar-refractivity contribution in [3.05, 3.63) is 0 Å². The summed E-state index contributed by atoms with van der Waals surface area (Å²) >= 11 is 0. The minimum Gasteiger partial charge on any atom is -0.480 e. The first-order valence-corrected chi connectivity index (χ1v) is 7.29. The fourth-order valence-corrected chi connectivity index (χ4v) is 3.41. The van der Waals surface area contributed by atoms with Gasteiger partial charge in [-0.1, -0.05) is 19.8 Å². The SMILES string of the molecule is CCNC(CN(C)C1CCCC1)(C(=O)O)C1CC1. The lowest BCUT2D eigenvalue weighted by atomic mass is 9.91. The number of aliphatic carboxylic acids is 1. The maximum Gasteiger partial charge on any atom is 0.325 e. The number of likely N-dealkylation sites (N-methyl/N-ethyl adjacent to an activating group) is 2. The lowest BCUT2D eigenvalue weighted by Crippen LogP contribution is -2.61. The zero-order chi connectivity index (χ0) is 13.2. The number of rotatable bonds is 7. The van der Waals surface area contributed by atoms with Crippen molar-refractivity contribution in [1.29, 1.82) is 0 Å². The van der Waals surface area contributed by atoms with Crippen LogP contribution in [0.1, 0.15) is 45.4 Å². The summed E-state index contributed by atoms with van der Waals surface area (Å²) in [5, 5.41) is 12.9. The molecule has 1 atom stereocenters. The van der Waals surface area contributed by atoms with Crippen LogP contribution in [0.5, 0.6) is 0 Å². The molecule has 4 heteroatoms. The number of carboxylic acids is 1. The molecule has 4 nitrogen and oxygen atoms in total. The van der Waals surface area contributed by atoms with E-state index in [1.807, 2.05) is 6.92 Å². The van der Waals surface area contributed by atoms with Gasteiger partial charge in [-0.15, -0.1) is 0 Å². The largest absolute Gasteiger partial charge is 0.480 e. The second-order valence-electron chi connectivity index (χ2n) is 5.93. The number of carboxylic acid groups (broad SMARTS) is 1. The molecule has 0 aromatic rings. The van der Waals surface area contributed by atoms with Crippen LogP contribution in [0.25, 0.3) is 0 Å². The number of hydrogen-bond donors (Lipinski definition) is 2. The molecule has 2 saturated carbocycles. The topological polar surface area (TPSA) is 52.6 Å². The van der Waals surface area contributed by atoms with Gasteiger partial charge in [-0.2, -0.15) is 0 Å². The van der Waals surface area contributed by atoms with Crippen LogP contribution >= 0.6 is 0 Å². The Balaban J connectivity index is 2.05. The van der Waals surface area contributed by atoms with Crippen molar-refractivity contribution < 1.29 is 9.90 Å². The Morgan fingerprint density at radius 3 is 2.39 bits per heavy atom. The van der Waals surface area contributed by atoms with Crippen LogP contribution in [0.2, 0.25) is 0 Å². The quantitative estimate of drug-likeness (QED) is 0.726. The molecule has 0 aromatic heterocycles. The summed E-state index contributed by atoms with van der Waals surface area (Å²) in [5.41, 5.74) is -0.716. The first kappa shape index (κ1) is 13.8. The first-order valence-electron chi connectivity index (χ1n) is 7.29. The molecule has 0 bridgehead atoms. The Hall–Kier alpha value is -0.610. The van der Waals surface area contributed by atoms with E-state index in [1.54, 1.807) is 0 Å². The summed E-state index contributed by atoms with van der Waals surface area (Å²) in [6, 6.07) is 0.584. The summed E-state index contributed by atoms with van der Waals surface area (Å²) in [7, 11) is 2.09. The smallest absolute Gasteiger partial charge is 0.325 e. The van der Waals surface area contributed by atoms with E-state index in [2.05, 4.69) is 17.3 Å². The molecule has 0 heterocycles. The third-order valence-corrected chi connectivity index (χ3v) is 4.59. The third kappa shape index (κ3) is 2.69. The molecule has 2 aliphatic carbocycles. The highest BCUT2D eigenvalue weighted by Gasteiger charge is 2.51. The molecule has 2 N–H and O–H groups in total. The van der Waals surface area contributed by atoms with Gasteiger partial charge in [0.15, 0.2) is 0 Å². The Bertz CT molecular complexity index is 298. The molecule has 2 rings (SSSR count). The van der Waals surface area contributed by atoms with Crippen molar-refractivity contribution in [2.45, 2.75) is 57.0 Å². The van der Waals surface area contributed by atoms with Gasteiger partial charge in [0.25, 0.3) is 0 Å². The van der Waals surface area contributed by atoms with Crippen LogP contribution in [0.4, 0.5) is 0 Å². The summed E-state index contributed by atoms with van der Waals surface area (Å²) in [5.74, 6) is -0.351. The highest BCUT2D eigenvalue weighted by atomic mass is 16.4. The zero-order valence-electron chi connectivity index (χ0n) is 11.6. The van der Waals surface area contributed by atoms with Gasteiger partial charge in [-0.3, -0.25) is 4.79 Å². The average molecular weight is 254 g/mol. The van der Waals surface area contributed by atoms with Gasteiger partial charge < -0.3 is 15.3 Å². The number of hydrogen-bond acceptors (Lipinski definition) is 3. The Morgan fingerprint density at radius 2 is 1.94 bits per heavy atom. The fraction of sp³-hybridized carbons (Fsp3) is 0.929. The van der Waals surface area contributed by atoms with Crippen molar-refractivity contribution in [3.8, 4) is 0 Å². The van der Waals surface area contributed by atoms with E-state index in [1.165, 1.54) is 25.7 Å². The van der Waals surface area contributed by atoms with Crippen molar-refractivity contribution in [1.82, 2.24) is 10.2 Å². The molecule has 0 radical (unpaired) electrons. The molecule has 0 spiro atoms. The van der Waals surface area contributed by atoms with Gasteiger partial charge >= 0.3 is 5.97 Å². The van der Waals surface area contributed by atoms with Gasteiger partial charge in [-0.25, -0.2) is 0 Å². The molecule has 0 aromatic carbocycles. The molecular formula is C14H26N2O2. The molecule has 0 saturated heterocycles. The Morgan fingerprint density at radius 1 is 1.33 bits per heavy atom. The van der Waals surface area contributed by atoms with Crippen LogP contribution in [0, 0.1) is 5.92 Å². The minimum atomic E-state index is -0.716. The van der Waals surface area contributed by atoms with Gasteiger partial charge in [0.05, 0.1) is 0 Å². The van der Waals surface area contributed by atoms with Gasteiger partial charge in [0.2, 0.25) is 0 Å². The maximum absolute atomic E-state index is 11.8. The summed E-state index contributed by atoms with van der Waals surface area (Å²) in [6.45, 7) is 3.36. The summed E-state index contributed by atoms with van der Waals surface area (Å²) in [6.07, 6.45) is 7.14. The van der Waals surface area contributed by atoms with E-state index in [0.29, 0.717) is 18.5 Å². The van der Waals surface area contributed by atoms with Crippen LogP contribution < -0.4 is 5.32 Å². The van der Waals surface area contributed by atoms with Gasteiger partial charge in [0.1, 0.15) is 5.54 Å². The molecule has 0 aliphatic heterocycles. The highest BCUT2D eigenvalue weighted by molar-refractivity contribution is 5.80. The van der Waals surface area contributed by atoms with E-state index in [9.17, 15) is 9.90 Å². The lowest BCUT2D eigenvalue weighted by Gasteiger charge is -2.37. The average Bonchev–Trinajstić information content (AvgIpc) is 3.03. The molecule has 1 unspecified atom stereocenters. The van der Waals surface area contributed by atoms with E-state index in [4.69, 9.17) is 0 Å². The predicted molar refractivity (Wildman–Crippen MR) is 71.7 cm³/mol. The van der Waals surface area contributed by atoms with Crippen molar-refractivity contribution in [2.75, 3.05) is 20.1 Å². The second-order valence-corrected chi connectivity index (χ2v) is 5.93. The molecule has 2 fully saturated rings. The lowest BCUT2D eigenvalue weighted by molar-refractivity contribution is -0.147. The molecule has 104 valence electrons. The normalized spacial score (nSPS) is 24.4. The van der Waals surface area contributed by atoms with Crippen molar-refractivity contribution in [3.63, 3.8) is 0 Å². The zero-order valence-corrected chi connectivity index (χ0v) is 11.6. The standard InChI is InChI=1S/C14H26N2O2/c1-3-15-14(13(17)18,11-8-9-11)10-16(2)12-6-4-5-7-12/h11-12,15H,3-10H2,1-2H3,(H,17,18). The van der Waals surface area contributed by atoms with E-state index < -0.39 is 11.5 Å². The number of nitrogens with zero attached hydrogens (tertiary/aromatic N) is 1. The number of carbonyl (C=O) groups is 1. The minimum absolute atomic E-state index is 0.318. The highest BCUT2D eigenvalue weighted by Crippen LogP contribution is 2.41. The van der Waals surface area contributed by atoms with Gasteiger partial charge in [-0.05, 0) is 45.2 Å². The fourth-order valence-electron chi connectivity index (χ4n) is 3.41. The van der Waals surface area contributed by atoms with Gasteiger partial charge in [0, 0.05) is 12.6 Å². The van der Waals surface area contributed by atoms with E-state index >= 15 is 0 Å². The van der Waals surface area contributed by atoms with E-state index in [-0.39, 0.29) is 0 Å². The Kier molecular flexibility index (Phi) is 4.28. The first-order chi connectivity index (χ1) is 8.60. The Labute approximate surface area is 110 Å². The van der Waals surface area contributed by atoms with E-state index in [0.717, 1.165) is 19.4 Å². The molecule has 0 amide bonds. The summed E-state index contributed by atoms with van der Waals surface area (Å²) < 4.78 is 0. The van der Waals surface area contributed by atoms with Crippen molar-refractivity contribution >= 4 is 5.97 Å². The van der Waals surface area contributed by atoms with Crippen molar-refractivity contribution in [2.24, 2.45) is 5.92 Å². The molecule has 18 heavy (non-hydrogen) atoms. The van der Waals surface area contributed by atoms with Crippen LogP contribution in [0.15, 0.2) is 0 Å². The monoisotopic (exact) mass is 254 g/mol. The maximum atomic E-state index is 11.8. The summed E-state index contributed by atoms with van der Waals surface area (Å²) in [4.78, 5) is 14.0. The van der Waals surface area contributed by atoms with Crippen LogP contribution in [0.3, 0.4) is 0 Å². The second kappa shape index (κ2) is 5.57.